The number of fused-ring (bicyclic) bond motifs is 3. The van der Waals surface area contributed by atoms with Crippen molar-refractivity contribution >= 4 is 0 Å². The van der Waals surface area contributed by atoms with Crippen LogP contribution in [0.4, 0.5) is 8.78 Å². The first-order valence-corrected chi connectivity index (χ1v) is 9.85. The molecular formula is C25H24F2. The highest BCUT2D eigenvalue weighted by atomic mass is 19.1. The van der Waals surface area contributed by atoms with E-state index in [1.54, 1.807) is 0 Å². The molecule has 0 saturated carbocycles. The van der Waals surface area contributed by atoms with Gasteiger partial charge in [0.2, 0.25) is 0 Å². The number of unbranched alkanes of at least 4 members (excludes halogenated alkanes) is 3. The van der Waals surface area contributed by atoms with Gasteiger partial charge in [0.1, 0.15) is 11.6 Å². The van der Waals surface area contributed by atoms with Crippen LogP contribution in [-0.4, -0.2) is 0 Å². The molecule has 0 aromatic heterocycles. The number of hydrogen-bond donors (Lipinski definition) is 0. The lowest BCUT2D eigenvalue weighted by Gasteiger charge is -2.07. The molecule has 4 rings (SSSR count). The maximum absolute atomic E-state index is 13.6. The van der Waals surface area contributed by atoms with Crippen LogP contribution < -0.4 is 0 Å². The third-order valence-electron chi connectivity index (χ3n) is 5.46. The van der Waals surface area contributed by atoms with Crippen LogP contribution in [0.15, 0.2) is 54.6 Å². The van der Waals surface area contributed by atoms with Crippen molar-refractivity contribution in [2.75, 3.05) is 0 Å². The lowest BCUT2D eigenvalue weighted by molar-refractivity contribution is 0.584. The largest absolute Gasteiger partial charge is 0.207 e. The first-order valence-electron chi connectivity index (χ1n) is 9.85. The summed E-state index contributed by atoms with van der Waals surface area (Å²) in [7, 11) is 0. The highest BCUT2D eigenvalue weighted by Gasteiger charge is 2.19. The Morgan fingerprint density at radius 3 is 2.15 bits per heavy atom. The van der Waals surface area contributed by atoms with E-state index in [1.165, 1.54) is 65.6 Å². The molecule has 1 aliphatic carbocycles. The topological polar surface area (TPSA) is 0 Å². The van der Waals surface area contributed by atoms with Crippen LogP contribution in [0.3, 0.4) is 0 Å². The standard InChI is InChI=1S/C25H24F2/c1-2-3-4-5-6-17-7-9-24-20(11-17)13-21-12-18(8-10-25(21)24)19-14-22(26)16-23(27)15-19/h7-12,14-16H,2-6,13H2,1H3. The van der Waals surface area contributed by atoms with Crippen molar-refractivity contribution in [1.82, 2.24) is 0 Å². The molecule has 0 radical (unpaired) electrons. The average Bonchev–Trinajstić information content (AvgIpc) is 3.01. The molecule has 2 heteroatoms. The molecule has 0 N–H and O–H groups in total. The Morgan fingerprint density at radius 2 is 1.41 bits per heavy atom. The maximum atomic E-state index is 13.6. The summed E-state index contributed by atoms with van der Waals surface area (Å²) >= 11 is 0. The van der Waals surface area contributed by atoms with Gasteiger partial charge in [-0.3, -0.25) is 0 Å². The van der Waals surface area contributed by atoms with E-state index in [0.29, 0.717) is 5.56 Å². The number of halogens is 2. The zero-order valence-corrected chi connectivity index (χ0v) is 15.7. The van der Waals surface area contributed by atoms with Crippen LogP contribution in [0, 0.1) is 11.6 Å². The molecule has 0 heterocycles. The van der Waals surface area contributed by atoms with Gasteiger partial charge >= 0.3 is 0 Å². The summed E-state index contributed by atoms with van der Waals surface area (Å²) in [5, 5.41) is 0. The van der Waals surface area contributed by atoms with Crippen LogP contribution in [0.5, 0.6) is 0 Å². The molecule has 0 nitrogen and oxygen atoms in total. The third-order valence-corrected chi connectivity index (χ3v) is 5.46. The molecule has 0 aliphatic heterocycles. The fourth-order valence-electron chi connectivity index (χ4n) is 4.08. The predicted molar refractivity (Wildman–Crippen MR) is 108 cm³/mol. The van der Waals surface area contributed by atoms with Crippen molar-refractivity contribution in [1.29, 1.82) is 0 Å². The van der Waals surface area contributed by atoms with Crippen molar-refractivity contribution in [2.24, 2.45) is 0 Å². The van der Waals surface area contributed by atoms with E-state index in [2.05, 4.69) is 37.3 Å². The highest BCUT2D eigenvalue weighted by Crippen LogP contribution is 2.39. The van der Waals surface area contributed by atoms with Gasteiger partial charge in [0.15, 0.2) is 0 Å². The van der Waals surface area contributed by atoms with Gasteiger partial charge in [0.05, 0.1) is 0 Å². The monoisotopic (exact) mass is 362 g/mol. The van der Waals surface area contributed by atoms with Crippen molar-refractivity contribution in [3.63, 3.8) is 0 Å². The summed E-state index contributed by atoms with van der Waals surface area (Å²) in [6, 6.07) is 16.6. The SMILES string of the molecule is CCCCCCc1ccc2c(c1)Cc1cc(-c3cc(F)cc(F)c3)ccc1-2. The van der Waals surface area contributed by atoms with E-state index in [-0.39, 0.29) is 0 Å². The van der Waals surface area contributed by atoms with Crippen LogP contribution in [-0.2, 0) is 12.8 Å². The molecular weight excluding hydrogens is 338 g/mol. The van der Waals surface area contributed by atoms with Crippen molar-refractivity contribution < 1.29 is 8.78 Å². The second kappa shape index (κ2) is 7.64. The van der Waals surface area contributed by atoms with Crippen LogP contribution in [0.2, 0.25) is 0 Å². The maximum Gasteiger partial charge on any atom is 0.126 e. The molecule has 138 valence electrons. The van der Waals surface area contributed by atoms with E-state index in [9.17, 15) is 8.78 Å². The fourth-order valence-corrected chi connectivity index (χ4v) is 4.08. The molecule has 0 fully saturated rings. The Morgan fingerprint density at radius 1 is 0.704 bits per heavy atom. The normalized spacial score (nSPS) is 12.1. The van der Waals surface area contributed by atoms with Crippen molar-refractivity contribution in [3.8, 4) is 22.3 Å². The first kappa shape index (κ1) is 17.9. The molecule has 3 aromatic rings. The smallest absolute Gasteiger partial charge is 0.126 e. The van der Waals surface area contributed by atoms with Gasteiger partial charge in [-0.1, -0.05) is 62.6 Å². The second-order valence-corrected chi connectivity index (χ2v) is 7.51. The lowest BCUT2D eigenvalue weighted by Crippen LogP contribution is -1.89. The van der Waals surface area contributed by atoms with E-state index >= 15 is 0 Å². The third kappa shape index (κ3) is 3.80. The van der Waals surface area contributed by atoms with Crippen molar-refractivity contribution in [2.45, 2.75) is 45.4 Å². The van der Waals surface area contributed by atoms with Crippen LogP contribution in [0.1, 0.15) is 49.3 Å². The molecule has 0 spiro atoms. The molecule has 1 aliphatic rings. The van der Waals surface area contributed by atoms with E-state index in [1.807, 2.05) is 6.07 Å². The molecule has 3 aromatic carbocycles. The van der Waals surface area contributed by atoms with Crippen LogP contribution >= 0.6 is 0 Å². The molecule has 0 unspecified atom stereocenters. The predicted octanol–water partition coefficient (Wildman–Crippen LogP) is 7.33. The molecule has 0 saturated heterocycles. The quantitative estimate of drug-likeness (QED) is 0.315. The van der Waals surface area contributed by atoms with E-state index in [0.717, 1.165) is 24.5 Å². The van der Waals surface area contributed by atoms with E-state index in [4.69, 9.17) is 0 Å². The summed E-state index contributed by atoms with van der Waals surface area (Å²) in [5.41, 5.74) is 7.98. The van der Waals surface area contributed by atoms with E-state index < -0.39 is 11.6 Å². The molecule has 0 bridgehead atoms. The van der Waals surface area contributed by atoms with Gasteiger partial charge in [0.25, 0.3) is 0 Å². The fraction of sp³-hybridized carbons (Fsp3) is 0.280. The Hall–Kier alpha value is -2.48. The summed E-state index contributed by atoms with van der Waals surface area (Å²) in [5.74, 6) is -1.08. The minimum atomic E-state index is -0.540. The number of rotatable bonds is 6. The second-order valence-electron chi connectivity index (χ2n) is 7.51. The Kier molecular flexibility index (Phi) is 5.07. The Labute approximate surface area is 159 Å². The van der Waals surface area contributed by atoms with Crippen LogP contribution in [0.25, 0.3) is 22.3 Å². The zero-order chi connectivity index (χ0) is 18.8. The Balaban J connectivity index is 1.57. The number of hydrogen-bond acceptors (Lipinski definition) is 0. The summed E-state index contributed by atoms with van der Waals surface area (Å²) in [6.45, 7) is 2.24. The lowest BCUT2D eigenvalue weighted by atomic mass is 9.98. The molecule has 0 amide bonds. The van der Waals surface area contributed by atoms with Crippen molar-refractivity contribution in [3.05, 3.63) is 82.9 Å². The van der Waals surface area contributed by atoms with Gasteiger partial charge in [-0.05, 0) is 70.3 Å². The van der Waals surface area contributed by atoms with Gasteiger partial charge in [-0.2, -0.15) is 0 Å². The van der Waals surface area contributed by atoms with Gasteiger partial charge in [-0.15, -0.1) is 0 Å². The first-order chi connectivity index (χ1) is 13.1. The minimum absolute atomic E-state index is 0.540. The van der Waals surface area contributed by atoms with Gasteiger partial charge in [0, 0.05) is 6.07 Å². The number of aryl methyl sites for hydroxylation is 1. The van der Waals surface area contributed by atoms with Gasteiger partial charge < -0.3 is 0 Å². The Bertz CT molecular complexity index is 952. The average molecular weight is 362 g/mol. The summed E-state index contributed by atoms with van der Waals surface area (Å²) in [6.07, 6.45) is 7.13. The summed E-state index contributed by atoms with van der Waals surface area (Å²) in [4.78, 5) is 0. The summed E-state index contributed by atoms with van der Waals surface area (Å²) < 4.78 is 27.1. The number of benzene rings is 3. The zero-order valence-electron chi connectivity index (χ0n) is 15.7. The molecule has 27 heavy (non-hydrogen) atoms. The highest BCUT2D eigenvalue weighted by molar-refractivity contribution is 5.80. The molecule has 0 atom stereocenters. The van der Waals surface area contributed by atoms with Gasteiger partial charge in [-0.25, -0.2) is 8.78 Å². The minimum Gasteiger partial charge on any atom is -0.207 e.